The minimum absolute atomic E-state index is 0.00671. The molecule has 0 radical (unpaired) electrons. The molecule has 2 nitrogen and oxygen atoms in total. The average molecular weight is 282 g/mol. The van der Waals surface area contributed by atoms with E-state index in [9.17, 15) is 8.78 Å². The Labute approximate surface area is 119 Å². The van der Waals surface area contributed by atoms with Crippen LogP contribution in [0.2, 0.25) is 0 Å². The highest BCUT2D eigenvalue weighted by Gasteiger charge is 2.20. The third kappa shape index (κ3) is 3.84. The number of hydrogen-bond acceptors (Lipinski definition) is 2. The van der Waals surface area contributed by atoms with E-state index in [-0.39, 0.29) is 5.56 Å². The lowest BCUT2D eigenvalue weighted by Crippen LogP contribution is -2.21. The summed E-state index contributed by atoms with van der Waals surface area (Å²) in [6.07, 6.45) is 3.71. The minimum atomic E-state index is -2.49. The van der Waals surface area contributed by atoms with E-state index >= 15 is 0 Å². The van der Waals surface area contributed by atoms with Gasteiger partial charge in [-0.15, -0.1) is 0 Å². The first-order valence-electron chi connectivity index (χ1n) is 7.51. The van der Waals surface area contributed by atoms with Crippen LogP contribution in [0.3, 0.4) is 0 Å². The first-order chi connectivity index (χ1) is 9.60. The van der Waals surface area contributed by atoms with Crippen LogP contribution in [0.5, 0.6) is 0 Å². The molecule has 1 aromatic rings. The van der Waals surface area contributed by atoms with Crippen LogP contribution in [0.25, 0.3) is 0 Å². The molecule has 2 rings (SSSR count). The van der Waals surface area contributed by atoms with Crippen molar-refractivity contribution in [2.24, 2.45) is 11.8 Å². The zero-order chi connectivity index (χ0) is 14.5. The first-order valence-corrected chi connectivity index (χ1v) is 7.51. The second kappa shape index (κ2) is 6.91. The molecule has 1 saturated carbocycles. The van der Waals surface area contributed by atoms with Gasteiger partial charge in [0.15, 0.2) is 0 Å². The van der Waals surface area contributed by atoms with Crippen molar-refractivity contribution >= 4 is 11.4 Å². The summed E-state index contributed by atoms with van der Waals surface area (Å²) in [5.74, 6) is 1.46. The molecule has 1 aliphatic rings. The molecule has 0 aliphatic heterocycles. The van der Waals surface area contributed by atoms with Gasteiger partial charge >= 0.3 is 0 Å². The lowest BCUT2D eigenvalue weighted by atomic mass is 9.81. The smallest absolute Gasteiger partial charge is 0.265 e. The quantitative estimate of drug-likeness (QED) is 0.759. The molecule has 0 bridgehead atoms. The van der Waals surface area contributed by atoms with Gasteiger partial charge in [-0.2, -0.15) is 0 Å². The van der Waals surface area contributed by atoms with E-state index in [1.54, 1.807) is 12.1 Å². The van der Waals surface area contributed by atoms with Crippen LogP contribution in [-0.4, -0.2) is 6.54 Å². The molecule has 1 aromatic carbocycles. The van der Waals surface area contributed by atoms with Gasteiger partial charge < -0.3 is 11.1 Å². The van der Waals surface area contributed by atoms with Crippen molar-refractivity contribution in [3.8, 4) is 0 Å². The Morgan fingerprint density at radius 3 is 2.45 bits per heavy atom. The molecule has 4 heteroatoms. The number of hydrogen-bond donors (Lipinski definition) is 2. The Balaban J connectivity index is 1.91. The first kappa shape index (κ1) is 15.1. The number of anilines is 2. The summed E-state index contributed by atoms with van der Waals surface area (Å²) in [6.45, 7) is 3.02. The maximum Gasteiger partial charge on any atom is 0.265 e. The van der Waals surface area contributed by atoms with E-state index in [4.69, 9.17) is 5.73 Å². The van der Waals surface area contributed by atoms with Gasteiger partial charge in [0.2, 0.25) is 0 Å². The topological polar surface area (TPSA) is 38.0 Å². The standard InChI is InChI=1S/C16H24F2N2/c1-2-11-3-5-12(6-4-11)10-20-15-8-7-13(19)9-14(15)16(17)18/h7-9,11-12,16,20H,2-6,10,19H2,1H3. The van der Waals surface area contributed by atoms with Crippen LogP contribution >= 0.6 is 0 Å². The van der Waals surface area contributed by atoms with Crippen molar-refractivity contribution in [1.82, 2.24) is 0 Å². The van der Waals surface area contributed by atoms with Gasteiger partial charge in [0.25, 0.3) is 6.43 Å². The van der Waals surface area contributed by atoms with Crippen molar-refractivity contribution in [2.45, 2.75) is 45.5 Å². The Bertz CT molecular complexity index is 426. The number of benzene rings is 1. The largest absolute Gasteiger partial charge is 0.399 e. The Morgan fingerprint density at radius 1 is 1.20 bits per heavy atom. The van der Waals surface area contributed by atoms with Crippen LogP contribution in [0.15, 0.2) is 18.2 Å². The number of nitrogen functional groups attached to an aromatic ring is 1. The zero-order valence-electron chi connectivity index (χ0n) is 12.0. The predicted octanol–water partition coefficient (Wildman–Crippen LogP) is 4.83. The maximum atomic E-state index is 13.0. The number of rotatable bonds is 5. The van der Waals surface area contributed by atoms with Crippen LogP contribution in [0.1, 0.15) is 51.0 Å². The fourth-order valence-corrected chi connectivity index (χ4v) is 3.02. The summed E-state index contributed by atoms with van der Waals surface area (Å²) in [5, 5.41) is 3.19. The van der Waals surface area contributed by atoms with Crippen LogP contribution < -0.4 is 11.1 Å². The van der Waals surface area contributed by atoms with E-state index < -0.39 is 6.43 Å². The highest BCUT2D eigenvalue weighted by Crippen LogP contribution is 2.32. The van der Waals surface area contributed by atoms with Gasteiger partial charge in [0, 0.05) is 23.5 Å². The van der Waals surface area contributed by atoms with E-state index in [1.165, 1.54) is 38.2 Å². The van der Waals surface area contributed by atoms with Crippen molar-refractivity contribution in [1.29, 1.82) is 0 Å². The summed E-state index contributed by atoms with van der Waals surface area (Å²) in [4.78, 5) is 0. The molecule has 112 valence electrons. The van der Waals surface area contributed by atoms with Crippen molar-refractivity contribution < 1.29 is 8.78 Å². The van der Waals surface area contributed by atoms with E-state index in [0.29, 0.717) is 17.3 Å². The number of alkyl halides is 2. The third-order valence-corrected chi connectivity index (χ3v) is 4.44. The molecule has 0 saturated heterocycles. The molecule has 0 unspecified atom stereocenters. The monoisotopic (exact) mass is 282 g/mol. The van der Waals surface area contributed by atoms with Crippen molar-refractivity contribution in [3.05, 3.63) is 23.8 Å². The number of nitrogens with one attached hydrogen (secondary N) is 1. The number of nitrogens with two attached hydrogens (primary N) is 1. The van der Waals surface area contributed by atoms with Crippen LogP contribution in [-0.2, 0) is 0 Å². The van der Waals surface area contributed by atoms with Gasteiger partial charge in [-0.25, -0.2) is 8.78 Å². The molecule has 0 aromatic heterocycles. The molecule has 1 aliphatic carbocycles. The van der Waals surface area contributed by atoms with E-state index in [2.05, 4.69) is 12.2 Å². The van der Waals surface area contributed by atoms with E-state index in [0.717, 1.165) is 12.5 Å². The summed E-state index contributed by atoms with van der Waals surface area (Å²) in [7, 11) is 0. The Kier molecular flexibility index (Phi) is 5.21. The molecular formula is C16H24F2N2. The maximum absolute atomic E-state index is 13.0. The van der Waals surface area contributed by atoms with Gasteiger partial charge in [-0.1, -0.05) is 26.2 Å². The molecule has 20 heavy (non-hydrogen) atoms. The lowest BCUT2D eigenvalue weighted by Gasteiger charge is -2.28. The van der Waals surface area contributed by atoms with Crippen molar-refractivity contribution in [3.63, 3.8) is 0 Å². The van der Waals surface area contributed by atoms with E-state index in [1.807, 2.05) is 0 Å². The van der Waals surface area contributed by atoms with Crippen LogP contribution in [0.4, 0.5) is 20.2 Å². The average Bonchev–Trinajstić information content (AvgIpc) is 2.46. The van der Waals surface area contributed by atoms with Gasteiger partial charge in [0.05, 0.1) is 0 Å². The second-order valence-electron chi connectivity index (χ2n) is 5.82. The number of halogens is 2. The van der Waals surface area contributed by atoms with Crippen LogP contribution in [0, 0.1) is 11.8 Å². The SMILES string of the molecule is CCC1CCC(CNc2ccc(N)cc2C(F)F)CC1. The van der Waals surface area contributed by atoms with Gasteiger partial charge in [-0.05, 0) is 42.9 Å². The van der Waals surface area contributed by atoms with Gasteiger partial charge in [-0.3, -0.25) is 0 Å². The Hall–Kier alpha value is -1.32. The highest BCUT2D eigenvalue weighted by molar-refractivity contribution is 5.58. The minimum Gasteiger partial charge on any atom is -0.399 e. The van der Waals surface area contributed by atoms with Crippen molar-refractivity contribution in [2.75, 3.05) is 17.6 Å². The summed E-state index contributed by atoms with van der Waals surface area (Å²) < 4.78 is 25.9. The third-order valence-electron chi connectivity index (χ3n) is 4.44. The molecule has 0 amide bonds. The normalized spacial score (nSPS) is 23.0. The molecule has 0 heterocycles. The molecule has 0 spiro atoms. The molecule has 3 N–H and O–H groups in total. The summed E-state index contributed by atoms with van der Waals surface area (Å²) in [6, 6.07) is 4.69. The fraction of sp³-hybridized carbons (Fsp3) is 0.625. The molecule has 0 atom stereocenters. The molecule has 1 fully saturated rings. The molecular weight excluding hydrogens is 258 g/mol. The summed E-state index contributed by atoms with van der Waals surface area (Å²) >= 11 is 0. The zero-order valence-corrected chi connectivity index (χ0v) is 12.0. The summed E-state index contributed by atoms with van der Waals surface area (Å²) in [5.41, 5.74) is 6.48. The van der Waals surface area contributed by atoms with Gasteiger partial charge in [0.1, 0.15) is 0 Å². The fourth-order valence-electron chi connectivity index (χ4n) is 3.02. The lowest BCUT2D eigenvalue weighted by molar-refractivity contribution is 0.152. The predicted molar refractivity (Wildman–Crippen MR) is 80.0 cm³/mol. The second-order valence-corrected chi connectivity index (χ2v) is 5.82. The highest BCUT2D eigenvalue weighted by atomic mass is 19.3. The Morgan fingerprint density at radius 2 is 1.85 bits per heavy atom.